The molecular weight excluding hydrogens is 264 g/mol. The molecule has 0 bridgehead atoms. The molecule has 104 valence electrons. The number of aryl methyl sites for hydroxylation is 1. The topological polar surface area (TPSA) is 90.2 Å². The van der Waals surface area contributed by atoms with Crippen molar-refractivity contribution in [1.29, 1.82) is 5.26 Å². The first kappa shape index (κ1) is 15.6. The predicted molar refractivity (Wildman–Crippen MR) is 72.0 cm³/mol. The monoisotopic (exact) mass is 282 g/mol. The number of aliphatic hydroxyl groups excluding tert-OH is 1. The molecule has 0 spiro atoms. The van der Waals surface area contributed by atoms with Crippen molar-refractivity contribution in [2.75, 3.05) is 13.2 Å². The minimum Gasteiger partial charge on any atom is -0.396 e. The van der Waals surface area contributed by atoms with Gasteiger partial charge in [0, 0.05) is 13.2 Å². The molecular formula is C13H18N2O3S. The van der Waals surface area contributed by atoms with Gasteiger partial charge in [0.15, 0.2) is 0 Å². The van der Waals surface area contributed by atoms with Crippen molar-refractivity contribution in [3.63, 3.8) is 0 Å². The van der Waals surface area contributed by atoms with Gasteiger partial charge in [-0.15, -0.1) is 0 Å². The van der Waals surface area contributed by atoms with Gasteiger partial charge in [-0.2, -0.15) is 5.26 Å². The van der Waals surface area contributed by atoms with Crippen LogP contribution in [0.15, 0.2) is 23.1 Å². The second-order valence-corrected chi connectivity index (χ2v) is 6.01. The second kappa shape index (κ2) is 7.24. The molecule has 0 fully saturated rings. The maximum absolute atomic E-state index is 12.1. The molecule has 0 aliphatic rings. The maximum atomic E-state index is 12.1. The zero-order valence-corrected chi connectivity index (χ0v) is 11.7. The van der Waals surface area contributed by atoms with Gasteiger partial charge in [0.2, 0.25) is 10.0 Å². The number of nitrogens with one attached hydrogen (secondary N) is 1. The number of hydrogen-bond donors (Lipinski definition) is 2. The Morgan fingerprint density at radius 3 is 2.68 bits per heavy atom. The average molecular weight is 282 g/mol. The lowest BCUT2D eigenvalue weighted by atomic mass is 10.2. The van der Waals surface area contributed by atoms with Gasteiger partial charge < -0.3 is 5.11 Å². The molecule has 0 radical (unpaired) electrons. The highest BCUT2D eigenvalue weighted by Gasteiger charge is 2.16. The van der Waals surface area contributed by atoms with Gasteiger partial charge >= 0.3 is 0 Å². The molecule has 0 aliphatic heterocycles. The number of sulfonamides is 1. The molecule has 1 aromatic carbocycles. The Bertz CT molecular complexity index is 562. The SMILES string of the molecule is Cc1ccc(C#N)cc1S(=O)(=O)NCCCCCO. The zero-order valence-electron chi connectivity index (χ0n) is 10.9. The lowest BCUT2D eigenvalue weighted by molar-refractivity contribution is 0.283. The van der Waals surface area contributed by atoms with Gasteiger partial charge in [0.05, 0.1) is 16.5 Å². The van der Waals surface area contributed by atoms with E-state index in [-0.39, 0.29) is 11.5 Å². The van der Waals surface area contributed by atoms with Gasteiger partial charge in [-0.3, -0.25) is 0 Å². The molecule has 1 aromatic rings. The van der Waals surface area contributed by atoms with E-state index in [9.17, 15) is 8.42 Å². The van der Waals surface area contributed by atoms with Gasteiger partial charge in [0.1, 0.15) is 0 Å². The molecule has 0 aromatic heterocycles. The molecule has 0 aliphatic carbocycles. The molecule has 2 N–H and O–H groups in total. The maximum Gasteiger partial charge on any atom is 0.240 e. The fourth-order valence-electron chi connectivity index (χ4n) is 1.66. The minimum atomic E-state index is -3.57. The van der Waals surface area contributed by atoms with Crippen LogP contribution in [0, 0.1) is 18.3 Å². The molecule has 5 nitrogen and oxygen atoms in total. The van der Waals surface area contributed by atoms with Crippen LogP contribution >= 0.6 is 0 Å². The quantitative estimate of drug-likeness (QED) is 0.738. The number of hydrogen-bond acceptors (Lipinski definition) is 4. The van der Waals surface area contributed by atoms with Crippen LogP contribution in [-0.2, 0) is 10.0 Å². The summed E-state index contributed by atoms with van der Waals surface area (Å²) >= 11 is 0. The fourth-order valence-corrected chi connectivity index (χ4v) is 3.00. The number of aliphatic hydroxyl groups is 1. The van der Waals surface area contributed by atoms with Crippen molar-refractivity contribution < 1.29 is 13.5 Å². The molecule has 19 heavy (non-hydrogen) atoms. The molecule has 0 amide bonds. The minimum absolute atomic E-state index is 0.121. The van der Waals surface area contributed by atoms with Gasteiger partial charge in [-0.1, -0.05) is 6.07 Å². The number of rotatable bonds is 7. The Balaban J connectivity index is 2.75. The summed E-state index contributed by atoms with van der Waals surface area (Å²) in [7, 11) is -3.57. The first-order valence-corrected chi connectivity index (χ1v) is 7.61. The van der Waals surface area contributed by atoms with E-state index in [0.29, 0.717) is 30.5 Å². The van der Waals surface area contributed by atoms with E-state index >= 15 is 0 Å². The van der Waals surface area contributed by atoms with Crippen LogP contribution in [0.2, 0.25) is 0 Å². The highest BCUT2D eigenvalue weighted by molar-refractivity contribution is 7.89. The van der Waals surface area contributed by atoms with Crippen LogP contribution in [0.25, 0.3) is 0 Å². The second-order valence-electron chi connectivity index (χ2n) is 4.27. The molecule has 0 atom stereocenters. The van der Waals surface area contributed by atoms with Crippen molar-refractivity contribution in [1.82, 2.24) is 4.72 Å². The summed E-state index contributed by atoms with van der Waals surface area (Å²) in [6.45, 7) is 2.15. The highest BCUT2D eigenvalue weighted by Crippen LogP contribution is 2.16. The molecule has 0 saturated heterocycles. The number of benzene rings is 1. The van der Waals surface area contributed by atoms with Crippen LogP contribution in [0.1, 0.15) is 30.4 Å². The third-order valence-corrected chi connectivity index (χ3v) is 4.34. The molecule has 0 heterocycles. The Hall–Kier alpha value is -1.42. The summed E-state index contributed by atoms with van der Waals surface area (Å²) in [4.78, 5) is 0.147. The fraction of sp³-hybridized carbons (Fsp3) is 0.462. The third kappa shape index (κ3) is 4.63. The van der Waals surface area contributed by atoms with E-state index in [2.05, 4.69) is 4.72 Å². The van der Waals surface area contributed by atoms with E-state index in [0.717, 1.165) is 6.42 Å². The van der Waals surface area contributed by atoms with Crippen LogP contribution in [0.4, 0.5) is 0 Å². The molecule has 6 heteroatoms. The van der Waals surface area contributed by atoms with Gasteiger partial charge in [-0.25, -0.2) is 13.1 Å². The number of unbranched alkanes of at least 4 members (excludes halogenated alkanes) is 2. The Kier molecular flexibility index (Phi) is 5.96. The Morgan fingerprint density at radius 1 is 1.32 bits per heavy atom. The number of nitriles is 1. The lowest BCUT2D eigenvalue weighted by Crippen LogP contribution is -2.25. The first-order valence-electron chi connectivity index (χ1n) is 6.12. The predicted octanol–water partition coefficient (Wildman–Crippen LogP) is 1.31. The van der Waals surface area contributed by atoms with Crippen LogP contribution in [0.5, 0.6) is 0 Å². The largest absolute Gasteiger partial charge is 0.396 e. The number of nitrogens with zero attached hydrogens (tertiary/aromatic N) is 1. The van der Waals surface area contributed by atoms with Crippen molar-refractivity contribution in [3.8, 4) is 6.07 Å². The van der Waals surface area contributed by atoms with Crippen molar-refractivity contribution in [3.05, 3.63) is 29.3 Å². The highest BCUT2D eigenvalue weighted by atomic mass is 32.2. The summed E-state index contributed by atoms with van der Waals surface area (Å²) < 4.78 is 26.7. The van der Waals surface area contributed by atoms with Crippen LogP contribution < -0.4 is 4.72 Å². The standard InChI is InChI=1S/C13H18N2O3S/c1-11-5-6-12(10-14)9-13(11)19(17,18)15-7-3-2-4-8-16/h5-6,9,15-16H,2-4,7-8H2,1H3. The first-order chi connectivity index (χ1) is 9.01. The Labute approximate surface area is 113 Å². The van der Waals surface area contributed by atoms with E-state index in [1.165, 1.54) is 6.07 Å². The Morgan fingerprint density at radius 2 is 2.05 bits per heavy atom. The summed E-state index contributed by atoms with van der Waals surface area (Å²) in [6.07, 6.45) is 2.12. The van der Waals surface area contributed by atoms with Crippen LogP contribution in [-0.4, -0.2) is 26.7 Å². The van der Waals surface area contributed by atoms with Crippen molar-refractivity contribution in [2.24, 2.45) is 0 Å². The van der Waals surface area contributed by atoms with E-state index in [1.807, 2.05) is 6.07 Å². The zero-order chi connectivity index (χ0) is 14.3. The van der Waals surface area contributed by atoms with Crippen molar-refractivity contribution in [2.45, 2.75) is 31.1 Å². The molecule has 1 rings (SSSR count). The summed E-state index contributed by atoms with van der Waals surface area (Å²) in [5, 5.41) is 17.4. The van der Waals surface area contributed by atoms with E-state index in [4.69, 9.17) is 10.4 Å². The summed E-state index contributed by atoms with van der Waals surface area (Å²) in [5.41, 5.74) is 0.938. The normalized spacial score (nSPS) is 11.2. The van der Waals surface area contributed by atoms with E-state index < -0.39 is 10.0 Å². The molecule has 0 saturated carbocycles. The third-order valence-electron chi connectivity index (χ3n) is 2.73. The average Bonchev–Trinajstić information content (AvgIpc) is 2.39. The molecule has 0 unspecified atom stereocenters. The van der Waals surface area contributed by atoms with Gasteiger partial charge in [-0.05, 0) is 43.9 Å². The van der Waals surface area contributed by atoms with Crippen LogP contribution in [0.3, 0.4) is 0 Å². The summed E-state index contributed by atoms with van der Waals surface area (Å²) in [6, 6.07) is 6.53. The van der Waals surface area contributed by atoms with Crippen molar-refractivity contribution >= 4 is 10.0 Å². The smallest absolute Gasteiger partial charge is 0.240 e. The lowest BCUT2D eigenvalue weighted by Gasteiger charge is -2.09. The summed E-state index contributed by atoms with van der Waals surface area (Å²) in [5.74, 6) is 0. The van der Waals surface area contributed by atoms with E-state index in [1.54, 1.807) is 19.1 Å². The van der Waals surface area contributed by atoms with Gasteiger partial charge in [0.25, 0.3) is 0 Å².